The quantitative estimate of drug-likeness (QED) is 0.596. The second-order valence-corrected chi connectivity index (χ2v) is 9.01. The summed E-state index contributed by atoms with van der Waals surface area (Å²) in [5, 5.41) is 4.52. The number of para-hydroxylation sites is 1. The number of carbonyl (C=O) groups is 1. The maximum Gasteiger partial charge on any atom is 0.262 e. The Hall–Kier alpha value is -1.82. The van der Waals surface area contributed by atoms with E-state index in [0.29, 0.717) is 22.3 Å². The summed E-state index contributed by atoms with van der Waals surface area (Å²) in [6.07, 6.45) is 11.4. The third-order valence-corrected chi connectivity index (χ3v) is 6.97. The van der Waals surface area contributed by atoms with E-state index in [-0.39, 0.29) is 17.5 Å². The van der Waals surface area contributed by atoms with Crippen LogP contribution in [-0.2, 0) is 4.79 Å². The molecule has 1 amide bonds. The van der Waals surface area contributed by atoms with Crippen LogP contribution in [0.15, 0.2) is 34.2 Å². The largest absolute Gasteiger partial charge is 0.353 e. The van der Waals surface area contributed by atoms with E-state index >= 15 is 0 Å². The molecule has 4 rings (SSSR count). The number of benzene rings is 1. The van der Waals surface area contributed by atoms with Crippen LogP contribution in [0, 0.1) is 0 Å². The number of nitrogens with zero attached hydrogens (tertiary/aromatic N) is 2. The minimum Gasteiger partial charge on any atom is -0.353 e. The third-order valence-electron chi connectivity index (χ3n) is 6.02. The highest BCUT2D eigenvalue weighted by Crippen LogP contribution is 2.31. The van der Waals surface area contributed by atoms with Crippen LogP contribution in [0.4, 0.5) is 0 Å². The Morgan fingerprint density at radius 1 is 1.04 bits per heavy atom. The molecule has 0 saturated heterocycles. The molecule has 2 aliphatic rings. The van der Waals surface area contributed by atoms with Crippen LogP contribution in [-0.4, -0.2) is 27.3 Å². The van der Waals surface area contributed by atoms with Gasteiger partial charge in [-0.25, -0.2) is 4.98 Å². The van der Waals surface area contributed by atoms with Gasteiger partial charge in [-0.3, -0.25) is 14.2 Å². The van der Waals surface area contributed by atoms with Crippen LogP contribution in [0.3, 0.4) is 0 Å². The van der Waals surface area contributed by atoms with Gasteiger partial charge in [-0.05, 0) is 37.8 Å². The third kappa shape index (κ3) is 4.43. The second-order valence-electron chi connectivity index (χ2n) is 8.07. The predicted molar refractivity (Wildman–Crippen MR) is 114 cm³/mol. The number of carbonyl (C=O) groups excluding carboxylic acids is 1. The summed E-state index contributed by atoms with van der Waals surface area (Å²) in [5.74, 6) is 0.364. The van der Waals surface area contributed by atoms with Gasteiger partial charge in [0.2, 0.25) is 5.91 Å². The first-order valence-electron chi connectivity index (χ1n) is 10.7. The second kappa shape index (κ2) is 9.12. The molecule has 0 atom stereocenters. The number of amides is 1. The lowest BCUT2D eigenvalue weighted by molar-refractivity contribution is -0.119. The number of hydrogen-bond donors (Lipinski definition) is 1. The Kier molecular flexibility index (Phi) is 6.35. The molecule has 0 aliphatic heterocycles. The lowest BCUT2D eigenvalue weighted by atomic mass is 9.95. The van der Waals surface area contributed by atoms with Gasteiger partial charge in [0.05, 0.1) is 16.7 Å². The molecule has 5 nitrogen and oxygen atoms in total. The fourth-order valence-corrected chi connectivity index (χ4v) is 5.41. The van der Waals surface area contributed by atoms with Crippen molar-refractivity contribution in [2.75, 3.05) is 5.75 Å². The first-order chi connectivity index (χ1) is 13.7. The Balaban J connectivity index is 1.56. The Morgan fingerprint density at radius 3 is 2.46 bits per heavy atom. The predicted octanol–water partition coefficient (Wildman–Crippen LogP) is 4.44. The molecule has 28 heavy (non-hydrogen) atoms. The van der Waals surface area contributed by atoms with Crippen molar-refractivity contribution in [2.45, 2.75) is 81.4 Å². The lowest BCUT2D eigenvalue weighted by Crippen LogP contribution is -2.37. The van der Waals surface area contributed by atoms with Crippen LogP contribution in [0.25, 0.3) is 10.9 Å². The standard InChI is InChI=1S/C22H29N3O2S/c26-20(23-16-9-3-1-4-10-16)15-28-22-24-19-14-8-7-13-18(19)21(27)25(22)17-11-5-2-6-12-17/h7-8,13-14,16-17H,1-6,9-12,15H2,(H,23,26). The van der Waals surface area contributed by atoms with Gasteiger partial charge < -0.3 is 5.32 Å². The normalized spacial score (nSPS) is 19.0. The average Bonchev–Trinajstić information content (AvgIpc) is 2.74. The molecule has 2 aliphatic carbocycles. The van der Waals surface area contributed by atoms with E-state index in [1.54, 1.807) is 0 Å². The minimum absolute atomic E-state index is 0.0349. The van der Waals surface area contributed by atoms with Gasteiger partial charge in [-0.1, -0.05) is 62.4 Å². The number of aromatic nitrogens is 2. The molecule has 1 heterocycles. The molecule has 1 aromatic heterocycles. The monoisotopic (exact) mass is 399 g/mol. The summed E-state index contributed by atoms with van der Waals surface area (Å²) in [6.45, 7) is 0. The SMILES string of the molecule is O=C(CSc1nc2ccccc2c(=O)n1C1CCCCC1)NC1CCCCC1. The van der Waals surface area contributed by atoms with Crippen molar-refractivity contribution in [3.8, 4) is 0 Å². The van der Waals surface area contributed by atoms with Crippen molar-refractivity contribution in [3.05, 3.63) is 34.6 Å². The van der Waals surface area contributed by atoms with E-state index < -0.39 is 0 Å². The molecule has 1 N–H and O–H groups in total. The summed E-state index contributed by atoms with van der Waals surface area (Å²) in [7, 11) is 0. The van der Waals surface area contributed by atoms with Crippen LogP contribution < -0.4 is 10.9 Å². The number of thioether (sulfide) groups is 1. The molecule has 0 spiro atoms. The summed E-state index contributed by atoms with van der Waals surface area (Å²) in [6, 6.07) is 8.04. The zero-order chi connectivity index (χ0) is 19.3. The fraction of sp³-hybridized carbons (Fsp3) is 0.591. The molecule has 2 fully saturated rings. The summed E-state index contributed by atoms with van der Waals surface area (Å²) in [5.41, 5.74) is 0.752. The highest BCUT2D eigenvalue weighted by atomic mass is 32.2. The average molecular weight is 400 g/mol. The number of fused-ring (bicyclic) bond motifs is 1. The topological polar surface area (TPSA) is 64.0 Å². The molecule has 0 unspecified atom stereocenters. The number of rotatable bonds is 5. The van der Waals surface area contributed by atoms with Crippen molar-refractivity contribution >= 4 is 28.6 Å². The fourth-order valence-electron chi connectivity index (χ4n) is 4.53. The molecule has 2 aromatic rings. The van der Waals surface area contributed by atoms with E-state index in [4.69, 9.17) is 4.98 Å². The van der Waals surface area contributed by atoms with Crippen molar-refractivity contribution in [3.63, 3.8) is 0 Å². The molecule has 150 valence electrons. The van der Waals surface area contributed by atoms with E-state index in [9.17, 15) is 9.59 Å². The number of hydrogen-bond acceptors (Lipinski definition) is 4. The van der Waals surface area contributed by atoms with E-state index in [1.807, 2.05) is 28.8 Å². The molecule has 2 saturated carbocycles. The molecular formula is C22H29N3O2S. The number of nitrogens with one attached hydrogen (secondary N) is 1. The van der Waals surface area contributed by atoms with Crippen LogP contribution >= 0.6 is 11.8 Å². The van der Waals surface area contributed by atoms with Crippen LogP contribution in [0.1, 0.15) is 70.3 Å². The smallest absolute Gasteiger partial charge is 0.262 e. The van der Waals surface area contributed by atoms with Gasteiger partial charge in [0.1, 0.15) is 0 Å². The molecule has 0 radical (unpaired) electrons. The highest BCUT2D eigenvalue weighted by molar-refractivity contribution is 7.99. The van der Waals surface area contributed by atoms with Gasteiger partial charge in [-0.15, -0.1) is 0 Å². The van der Waals surface area contributed by atoms with Gasteiger partial charge in [0.15, 0.2) is 5.16 Å². The van der Waals surface area contributed by atoms with Gasteiger partial charge >= 0.3 is 0 Å². The van der Waals surface area contributed by atoms with Gasteiger partial charge in [-0.2, -0.15) is 0 Å². The minimum atomic E-state index is 0.0349. The summed E-state index contributed by atoms with van der Waals surface area (Å²) >= 11 is 1.41. The van der Waals surface area contributed by atoms with E-state index in [1.165, 1.54) is 37.4 Å². The van der Waals surface area contributed by atoms with Crippen molar-refractivity contribution in [2.24, 2.45) is 0 Å². The van der Waals surface area contributed by atoms with Crippen molar-refractivity contribution < 1.29 is 4.79 Å². The van der Waals surface area contributed by atoms with Gasteiger partial charge in [0.25, 0.3) is 5.56 Å². The molecular weight excluding hydrogens is 370 g/mol. The maximum absolute atomic E-state index is 13.2. The zero-order valence-electron chi connectivity index (χ0n) is 16.4. The van der Waals surface area contributed by atoms with E-state index in [2.05, 4.69) is 5.32 Å². The Labute approximate surface area is 170 Å². The molecule has 6 heteroatoms. The lowest BCUT2D eigenvalue weighted by Gasteiger charge is -2.26. The first kappa shape index (κ1) is 19.5. The molecule has 1 aromatic carbocycles. The Morgan fingerprint density at radius 2 is 1.71 bits per heavy atom. The van der Waals surface area contributed by atoms with Crippen LogP contribution in [0.5, 0.6) is 0 Å². The van der Waals surface area contributed by atoms with E-state index in [0.717, 1.165) is 44.0 Å². The first-order valence-corrected chi connectivity index (χ1v) is 11.6. The summed E-state index contributed by atoms with van der Waals surface area (Å²) < 4.78 is 1.88. The maximum atomic E-state index is 13.2. The molecule has 0 bridgehead atoms. The zero-order valence-corrected chi connectivity index (χ0v) is 17.2. The van der Waals surface area contributed by atoms with Crippen molar-refractivity contribution in [1.82, 2.24) is 14.9 Å². The van der Waals surface area contributed by atoms with Gasteiger partial charge in [0, 0.05) is 12.1 Å². The highest BCUT2D eigenvalue weighted by Gasteiger charge is 2.23. The summed E-state index contributed by atoms with van der Waals surface area (Å²) in [4.78, 5) is 30.5. The van der Waals surface area contributed by atoms with Crippen molar-refractivity contribution in [1.29, 1.82) is 0 Å². The Bertz CT molecular complexity index is 883. The van der Waals surface area contributed by atoms with Crippen LogP contribution in [0.2, 0.25) is 0 Å².